The van der Waals surface area contributed by atoms with Crippen molar-refractivity contribution in [1.82, 2.24) is 5.32 Å². The van der Waals surface area contributed by atoms with Gasteiger partial charge in [0.1, 0.15) is 5.60 Å². The van der Waals surface area contributed by atoms with Crippen LogP contribution in [0.3, 0.4) is 0 Å². The number of ether oxygens (including phenoxy) is 1. The Bertz CT molecular complexity index is 555. The summed E-state index contributed by atoms with van der Waals surface area (Å²) in [5, 5.41) is 12.2. The van der Waals surface area contributed by atoms with Crippen LogP contribution in [0.25, 0.3) is 0 Å². The van der Waals surface area contributed by atoms with Crippen molar-refractivity contribution in [3.63, 3.8) is 0 Å². The van der Waals surface area contributed by atoms with Crippen molar-refractivity contribution in [2.45, 2.75) is 38.8 Å². The van der Waals surface area contributed by atoms with Crippen LogP contribution in [-0.4, -0.2) is 35.4 Å². The Labute approximate surface area is 134 Å². The minimum absolute atomic E-state index is 0.228. The molecule has 1 aromatic carbocycles. The third-order valence-electron chi connectivity index (χ3n) is 2.72. The summed E-state index contributed by atoms with van der Waals surface area (Å²) in [6.07, 6.45) is -0.263. The van der Waals surface area contributed by atoms with E-state index in [9.17, 15) is 14.7 Å². The van der Waals surface area contributed by atoms with Crippen LogP contribution in [-0.2, 0) is 11.2 Å². The highest BCUT2D eigenvalue weighted by Gasteiger charge is 2.19. The maximum atomic E-state index is 11.7. The van der Waals surface area contributed by atoms with Crippen molar-refractivity contribution in [3.05, 3.63) is 34.3 Å². The number of amides is 2. The van der Waals surface area contributed by atoms with E-state index in [4.69, 9.17) is 22.1 Å². The van der Waals surface area contributed by atoms with Gasteiger partial charge in [0.15, 0.2) is 0 Å². The first-order chi connectivity index (χ1) is 10.1. The zero-order chi connectivity index (χ0) is 16.9. The van der Waals surface area contributed by atoms with Crippen LogP contribution in [0.4, 0.5) is 4.79 Å². The number of rotatable bonds is 5. The van der Waals surface area contributed by atoms with Gasteiger partial charge < -0.3 is 20.9 Å². The SMILES string of the molecule is CC(C)(C)OC(=O)NC(CO)Cc1ccc(C(N)=O)c(Cl)c1. The minimum Gasteiger partial charge on any atom is -0.444 e. The lowest BCUT2D eigenvalue weighted by Gasteiger charge is -2.23. The number of nitrogens with one attached hydrogen (secondary N) is 1. The number of halogens is 1. The highest BCUT2D eigenvalue weighted by atomic mass is 35.5. The van der Waals surface area contributed by atoms with E-state index in [1.807, 2.05) is 0 Å². The highest BCUT2D eigenvalue weighted by molar-refractivity contribution is 6.33. The van der Waals surface area contributed by atoms with Crippen molar-refractivity contribution in [3.8, 4) is 0 Å². The topological polar surface area (TPSA) is 102 Å². The Morgan fingerprint density at radius 1 is 1.41 bits per heavy atom. The molecule has 0 bridgehead atoms. The number of hydrogen-bond donors (Lipinski definition) is 3. The number of carbonyl (C=O) groups is 2. The lowest BCUT2D eigenvalue weighted by atomic mass is 10.0. The summed E-state index contributed by atoms with van der Waals surface area (Å²) in [5.41, 5.74) is 5.55. The molecule has 0 fully saturated rings. The van der Waals surface area contributed by atoms with Gasteiger partial charge in [-0.25, -0.2) is 4.79 Å². The van der Waals surface area contributed by atoms with Crippen molar-refractivity contribution in [2.24, 2.45) is 5.73 Å². The third kappa shape index (κ3) is 5.91. The highest BCUT2D eigenvalue weighted by Crippen LogP contribution is 2.18. The normalized spacial score (nSPS) is 12.6. The van der Waals surface area contributed by atoms with Crippen molar-refractivity contribution in [2.75, 3.05) is 6.61 Å². The van der Waals surface area contributed by atoms with E-state index in [1.165, 1.54) is 6.07 Å². The molecule has 0 radical (unpaired) electrons. The molecular weight excluding hydrogens is 308 g/mol. The number of primary amides is 1. The van der Waals surface area contributed by atoms with Gasteiger partial charge in [0.25, 0.3) is 0 Å². The molecule has 0 saturated heterocycles. The predicted octanol–water partition coefficient (Wildman–Crippen LogP) is 1.87. The molecule has 0 aliphatic carbocycles. The zero-order valence-corrected chi connectivity index (χ0v) is 13.6. The summed E-state index contributed by atoms with van der Waals surface area (Å²) in [4.78, 5) is 22.8. The summed E-state index contributed by atoms with van der Waals surface area (Å²) in [5.74, 6) is -0.609. The van der Waals surface area contributed by atoms with Crippen LogP contribution in [0.5, 0.6) is 0 Å². The Balaban J connectivity index is 2.72. The van der Waals surface area contributed by atoms with Gasteiger partial charge in [-0.3, -0.25) is 4.79 Å². The Hall–Kier alpha value is -1.79. The van der Waals surface area contributed by atoms with Gasteiger partial charge in [-0.2, -0.15) is 0 Å². The molecule has 22 heavy (non-hydrogen) atoms. The fourth-order valence-electron chi connectivity index (χ4n) is 1.81. The van der Waals surface area contributed by atoms with Gasteiger partial charge in [0.2, 0.25) is 5.91 Å². The summed E-state index contributed by atoms with van der Waals surface area (Å²) < 4.78 is 5.13. The molecule has 1 unspecified atom stereocenters. The number of hydrogen-bond acceptors (Lipinski definition) is 4. The van der Waals surface area contributed by atoms with E-state index < -0.39 is 23.6 Å². The predicted molar refractivity (Wildman–Crippen MR) is 83.9 cm³/mol. The molecule has 6 nitrogen and oxygen atoms in total. The van der Waals surface area contributed by atoms with Crippen molar-refractivity contribution >= 4 is 23.6 Å². The van der Waals surface area contributed by atoms with E-state index >= 15 is 0 Å². The van der Waals surface area contributed by atoms with Gasteiger partial charge in [-0.1, -0.05) is 17.7 Å². The molecule has 4 N–H and O–H groups in total. The Morgan fingerprint density at radius 2 is 2.05 bits per heavy atom. The van der Waals surface area contributed by atoms with Crippen LogP contribution < -0.4 is 11.1 Å². The fraction of sp³-hybridized carbons (Fsp3) is 0.467. The monoisotopic (exact) mass is 328 g/mol. The Kier molecular flexibility index (Phi) is 6.20. The molecule has 2 amide bonds. The van der Waals surface area contributed by atoms with Crippen LogP contribution in [0, 0.1) is 0 Å². The second kappa shape index (κ2) is 7.47. The van der Waals surface area contributed by atoms with E-state index in [1.54, 1.807) is 32.9 Å². The number of aliphatic hydroxyl groups is 1. The summed E-state index contributed by atoms with van der Waals surface area (Å²) in [6.45, 7) is 5.00. The second-order valence-corrected chi connectivity index (χ2v) is 6.32. The molecule has 0 aromatic heterocycles. The van der Waals surface area contributed by atoms with Gasteiger partial charge in [0, 0.05) is 0 Å². The summed E-state index contributed by atoms with van der Waals surface area (Å²) in [6, 6.07) is 4.25. The zero-order valence-electron chi connectivity index (χ0n) is 12.9. The van der Waals surface area contributed by atoms with Gasteiger partial charge in [-0.15, -0.1) is 0 Å². The first-order valence-electron chi connectivity index (χ1n) is 6.81. The quantitative estimate of drug-likeness (QED) is 0.767. The van der Waals surface area contributed by atoms with Crippen LogP contribution in [0.1, 0.15) is 36.7 Å². The van der Waals surface area contributed by atoms with Crippen LogP contribution in [0.15, 0.2) is 18.2 Å². The fourth-order valence-corrected chi connectivity index (χ4v) is 2.10. The Morgan fingerprint density at radius 3 is 2.50 bits per heavy atom. The molecule has 0 saturated carbocycles. The van der Waals surface area contributed by atoms with Gasteiger partial charge in [-0.05, 0) is 44.9 Å². The lowest BCUT2D eigenvalue weighted by Crippen LogP contribution is -2.42. The standard InChI is InChI=1S/C15H21ClN2O4/c1-15(2,3)22-14(21)18-10(8-19)6-9-4-5-11(13(17)20)12(16)7-9/h4-5,7,10,19H,6,8H2,1-3H3,(H2,17,20)(H,18,21). The minimum atomic E-state index is -0.615. The van der Waals surface area contributed by atoms with Crippen LogP contribution in [0.2, 0.25) is 5.02 Å². The van der Waals surface area contributed by atoms with E-state index in [2.05, 4.69) is 5.32 Å². The van der Waals surface area contributed by atoms with Crippen molar-refractivity contribution in [1.29, 1.82) is 0 Å². The largest absolute Gasteiger partial charge is 0.444 e. The first kappa shape index (κ1) is 18.3. The van der Waals surface area contributed by atoms with E-state index in [0.717, 1.165) is 5.56 Å². The molecule has 122 valence electrons. The van der Waals surface area contributed by atoms with E-state index in [-0.39, 0.29) is 17.2 Å². The first-order valence-corrected chi connectivity index (χ1v) is 7.19. The maximum Gasteiger partial charge on any atom is 0.407 e. The number of benzene rings is 1. The molecule has 0 heterocycles. The average Bonchev–Trinajstić information content (AvgIpc) is 2.35. The van der Waals surface area contributed by atoms with Crippen molar-refractivity contribution < 1.29 is 19.4 Å². The lowest BCUT2D eigenvalue weighted by molar-refractivity contribution is 0.0482. The summed E-state index contributed by atoms with van der Waals surface area (Å²) in [7, 11) is 0. The van der Waals surface area contributed by atoms with Crippen LogP contribution >= 0.6 is 11.6 Å². The average molecular weight is 329 g/mol. The maximum absolute atomic E-state index is 11.7. The molecule has 1 aromatic rings. The molecule has 0 aliphatic heterocycles. The smallest absolute Gasteiger partial charge is 0.407 e. The number of alkyl carbamates (subject to hydrolysis) is 1. The van der Waals surface area contributed by atoms with E-state index in [0.29, 0.717) is 6.42 Å². The number of nitrogens with two attached hydrogens (primary N) is 1. The molecule has 7 heteroatoms. The molecule has 0 spiro atoms. The molecule has 0 aliphatic rings. The summed E-state index contributed by atoms with van der Waals surface area (Å²) >= 11 is 5.97. The van der Waals surface area contributed by atoms with Gasteiger partial charge >= 0.3 is 6.09 Å². The molecular formula is C15H21ClN2O4. The molecule has 1 rings (SSSR count). The number of aliphatic hydroxyl groups excluding tert-OH is 1. The van der Waals surface area contributed by atoms with Gasteiger partial charge in [0.05, 0.1) is 23.2 Å². The molecule has 1 atom stereocenters. The second-order valence-electron chi connectivity index (χ2n) is 5.91. The third-order valence-corrected chi connectivity index (χ3v) is 3.04. The number of carbonyl (C=O) groups excluding carboxylic acids is 2.